The number of fused-ring (bicyclic) bond motifs is 24. The second kappa shape index (κ2) is 16.0. The Morgan fingerprint density at radius 1 is 0.310 bits per heavy atom. The number of hydrogen-bond donors (Lipinski definition) is 0. The van der Waals surface area contributed by atoms with E-state index < -0.39 is 0 Å². The van der Waals surface area contributed by atoms with E-state index in [1.165, 1.54) is 0 Å². The fourth-order valence-electron chi connectivity index (χ4n) is 10.8. The first kappa shape index (κ1) is 41.9. The molecule has 0 spiro atoms. The Bertz CT molecular complexity index is 4360. The largest absolute Gasteiger partial charge is 2.00 e. The maximum atomic E-state index is 6.97. The van der Waals surface area contributed by atoms with Crippen molar-refractivity contribution in [2.45, 2.75) is 0 Å². The molecule has 15 rings (SSSR count). The van der Waals surface area contributed by atoms with Gasteiger partial charge in [0, 0.05) is 43.4 Å². The van der Waals surface area contributed by atoms with Crippen LogP contribution in [-0.2, 0) is 21.1 Å². The minimum Gasteiger partial charge on any atom is -0.435 e. The number of halogens is 2. The number of benzene rings is 10. The molecule has 2 aliphatic rings. The zero-order chi connectivity index (χ0) is 46.2. The molecule has 5 heterocycles. The first-order chi connectivity index (χ1) is 34.5. The van der Waals surface area contributed by atoms with E-state index in [0.717, 1.165) is 132 Å². The molecule has 8 bridgehead atoms. The molecule has 0 unspecified atom stereocenters. The van der Waals surface area contributed by atoms with Crippen LogP contribution in [0, 0.1) is 0 Å². The van der Waals surface area contributed by atoms with Gasteiger partial charge in [-0.1, -0.05) is 145 Å². The normalized spacial score (nSPS) is 12.0. The van der Waals surface area contributed by atoms with Crippen molar-refractivity contribution in [1.82, 2.24) is 29.9 Å². The summed E-state index contributed by atoms with van der Waals surface area (Å²) in [6.07, 6.45) is 0. The van der Waals surface area contributed by atoms with Crippen LogP contribution in [0.4, 0.5) is 0 Å². The predicted molar refractivity (Wildman–Crippen MR) is 289 cm³/mol. The predicted octanol–water partition coefficient (Wildman–Crippen LogP) is 16.6. The van der Waals surface area contributed by atoms with Crippen molar-refractivity contribution in [2.24, 2.45) is 0 Å². The van der Waals surface area contributed by atoms with Gasteiger partial charge in [0.2, 0.25) is 0 Å². The Hall–Kier alpha value is -7.99. The average Bonchev–Trinajstić information content (AvgIpc) is 4.12. The number of aromatic nitrogens is 6. The summed E-state index contributed by atoms with van der Waals surface area (Å²) in [5.41, 5.74) is 11.1. The van der Waals surface area contributed by atoms with E-state index in [1.54, 1.807) is 0 Å². The molecule has 0 atom stereocenters. The summed E-state index contributed by atoms with van der Waals surface area (Å²) in [7, 11) is 0. The van der Waals surface area contributed by atoms with E-state index >= 15 is 0 Å². The van der Waals surface area contributed by atoms with Gasteiger partial charge in [0.1, 0.15) is 0 Å². The standard InChI is InChI=1S/C62H32Cl2N6.Pt/c63-43-21-9-19-41(23-43)53-55-45-25-33-11-1-2-12-34(33)26-46(45)56(65-55)54(42-20-10-22-44(64)24-42)58-48-28-36-14-4-6-16-38(36)30-50(48)60(67-58)69-62-52-32-40-18-8-7-17-39(40)31-51(52)61(70-62)68-59-49-29-37-15-5-3-13-35(37)27-47(49)57(53)66-59;/h1-32H;/q-2;+2. The third kappa shape index (κ3) is 6.59. The monoisotopic (exact) mass is 1130 g/mol. The van der Waals surface area contributed by atoms with Crippen LogP contribution in [0.2, 0.25) is 10.0 Å². The first-order valence-corrected chi connectivity index (χ1v) is 23.9. The Balaban J connectivity index is 0.00000470. The van der Waals surface area contributed by atoms with Crippen molar-refractivity contribution < 1.29 is 21.1 Å². The molecule has 334 valence electrons. The van der Waals surface area contributed by atoms with Crippen LogP contribution >= 0.6 is 23.2 Å². The molecule has 6 nitrogen and oxygen atoms in total. The van der Waals surface area contributed by atoms with Crippen LogP contribution in [0.3, 0.4) is 0 Å². The van der Waals surface area contributed by atoms with Gasteiger partial charge in [0.05, 0.1) is 23.0 Å². The number of rotatable bonds is 2. The fraction of sp³-hybridized carbons (Fsp3) is 0. The molecule has 0 saturated heterocycles. The molecule has 13 aromatic rings. The minimum atomic E-state index is 0. The second-order valence-corrected chi connectivity index (χ2v) is 19.0. The van der Waals surface area contributed by atoms with Crippen molar-refractivity contribution >= 4 is 110 Å². The van der Waals surface area contributed by atoms with Crippen molar-refractivity contribution in [3.63, 3.8) is 0 Å². The van der Waals surface area contributed by atoms with Gasteiger partial charge in [0.25, 0.3) is 0 Å². The summed E-state index contributed by atoms with van der Waals surface area (Å²) in [5, 5.41) is 13.5. The molecule has 0 N–H and O–H groups in total. The quantitative estimate of drug-likeness (QED) is 0.172. The second-order valence-electron chi connectivity index (χ2n) is 18.1. The van der Waals surface area contributed by atoms with E-state index in [9.17, 15) is 0 Å². The third-order valence-electron chi connectivity index (χ3n) is 14.0. The Morgan fingerprint density at radius 3 is 1.01 bits per heavy atom. The van der Waals surface area contributed by atoms with Gasteiger partial charge in [-0.25, -0.2) is 4.98 Å². The van der Waals surface area contributed by atoms with E-state index in [0.29, 0.717) is 33.0 Å². The molecule has 0 fully saturated rings. The van der Waals surface area contributed by atoms with Crippen molar-refractivity contribution in [3.8, 4) is 67.5 Å². The molecule has 2 aliphatic heterocycles. The summed E-state index contributed by atoms with van der Waals surface area (Å²) < 4.78 is 0. The van der Waals surface area contributed by atoms with Gasteiger partial charge in [-0.15, -0.1) is 0 Å². The van der Waals surface area contributed by atoms with Gasteiger partial charge in [-0.3, -0.25) is 4.98 Å². The average molecular weight is 1130 g/mol. The van der Waals surface area contributed by atoms with Crippen LogP contribution in [-0.4, -0.2) is 19.9 Å². The molecule has 0 aliphatic carbocycles. The fourth-order valence-corrected chi connectivity index (χ4v) is 11.1. The molecule has 0 amide bonds. The SMILES string of the molecule is Clc1cccc(-c2c3nc(c(-c4cccc(Cl)c4)c4[n-]c(nc5nc(nc6[n-]c2c2cc7ccccc7cc62)-c2cc6ccccc6cc2-5)c2cc5ccccc5cc42)-c2cc4ccccc4cc2-3)c1.[Pt+2]. The van der Waals surface area contributed by atoms with Crippen LogP contribution in [0.5, 0.6) is 0 Å². The molecule has 3 aromatic heterocycles. The molecule has 10 aromatic carbocycles. The van der Waals surface area contributed by atoms with Gasteiger partial charge >= 0.3 is 21.1 Å². The first-order valence-electron chi connectivity index (χ1n) is 23.1. The molecular formula is C62H32Cl2N6Pt. The zero-order valence-electron chi connectivity index (χ0n) is 37.2. The van der Waals surface area contributed by atoms with Gasteiger partial charge in [-0.2, -0.15) is 0 Å². The minimum absolute atomic E-state index is 0. The van der Waals surface area contributed by atoms with Gasteiger partial charge in [0.15, 0.2) is 0 Å². The molecular weight excluding hydrogens is 1090 g/mol. The summed E-state index contributed by atoms with van der Waals surface area (Å²) >= 11 is 13.9. The summed E-state index contributed by atoms with van der Waals surface area (Å²) in [6, 6.07) is 67.3. The van der Waals surface area contributed by atoms with E-state index in [4.69, 9.17) is 53.1 Å². The van der Waals surface area contributed by atoms with E-state index in [2.05, 4.69) is 158 Å². The van der Waals surface area contributed by atoms with Gasteiger partial charge in [-0.05, 0) is 171 Å². The topological polar surface area (TPSA) is 79.8 Å². The van der Waals surface area contributed by atoms with Crippen LogP contribution in [0.1, 0.15) is 0 Å². The summed E-state index contributed by atoms with van der Waals surface area (Å²) in [4.78, 5) is 33.4. The maximum absolute atomic E-state index is 6.97. The number of nitrogens with zero attached hydrogens (tertiary/aromatic N) is 6. The Kier molecular flexibility index (Phi) is 9.47. The van der Waals surface area contributed by atoms with Crippen LogP contribution in [0.25, 0.3) is 155 Å². The summed E-state index contributed by atoms with van der Waals surface area (Å²) in [6.45, 7) is 0. The Labute approximate surface area is 429 Å². The zero-order valence-corrected chi connectivity index (χ0v) is 41.0. The van der Waals surface area contributed by atoms with Crippen molar-refractivity contribution in [2.75, 3.05) is 0 Å². The summed E-state index contributed by atoms with van der Waals surface area (Å²) in [5.74, 6) is 1.04. The van der Waals surface area contributed by atoms with Crippen LogP contribution in [0.15, 0.2) is 194 Å². The molecule has 71 heavy (non-hydrogen) atoms. The maximum Gasteiger partial charge on any atom is 2.00 e. The molecule has 9 heteroatoms. The third-order valence-corrected chi connectivity index (χ3v) is 14.5. The van der Waals surface area contributed by atoms with Crippen LogP contribution < -0.4 is 9.97 Å². The van der Waals surface area contributed by atoms with Crippen molar-refractivity contribution in [3.05, 3.63) is 204 Å². The van der Waals surface area contributed by atoms with E-state index in [1.807, 2.05) is 36.4 Å². The number of hydrogen-bond acceptors (Lipinski definition) is 4. The van der Waals surface area contributed by atoms with E-state index in [-0.39, 0.29) is 21.1 Å². The van der Waals surface area contributed by atoms with Crippen molar-refractivity contribution in [1.29, 1.82) is 0 Å². The molecule has 0 radical (unpaired) electrons. The Morgan fingerprint density at radius 2 is 0.648 bits per heavy atom. The van der Waals surface area contributed by atoms with Gasteiger partial charge < -0.3 is 19.9 Å². The molecule has 0 saturated carbocycles. The smallest absolute Gasteiger partial charge is 0.435 e.